The van der Waals surface area contributed by atoms with Gasteiger partial charge >= 0.3 is 0 Å². The van der Waals surface area contributed by atoms with E-state index in [4.69, 9.17) is 10.7 Å². The Hall–Kier alpha value is 0.170. The summed E-state index contributed by atoms with van der Waals surface area (Å²) in [5, 5.41) is -0.977. The normalized spacial score (nSPS) is 32.2. The summed E-state index contributed by atoms with van der Waals surface area (Å²) in [7, 11) is 1.45. The van der Waals surface area contributed by atoms with Crippen molar-refractivity contribution in [3.8, 4) is 0 Å². The van der Waals surface area contributed by atoms with E-state index in [2.05, 4.69) is 0 Å². The van der Waals surface area contributed by atoms with E-state index in [1.54, 1.807) is 0 Å². The van der Waals surface area contributed by atoms with Crippen molar-refractivity contribution in [1.29, 1.82) is 0 Å². The molecule has 0 aliphatic heterocycles. The Bertz CT molecular complexity index is 253. The van der Waals surface area contributed by atoms with E-state index in [0.717, 1.165) is 25.7 Å². The van der Waals surface area contributed by atoms with Gasteiger partial charge in [-0.2, -0.15) is 0 Å². The van der Waals surface area contributed by atoms with Crippen LogP contribution in [0.4, 0.5) is 4.39 Å². The molecule has 0 radical (unpaired) electrons. The quantitative estimate of drug-likeness (QED) is 0.647. The lowest BCUT2D eigenvalue weighted by molar-refractivity contribution is 0.270. The molecule has 5 heteroatoms. The Kier molecular flexibility index (Phi) is 3.98. The van der Waals surface area contributed by atoms with Gasteiger partial charge in [-0.25, -0.2) is 12.8 Å². The average molecular weight is 229 g/mol. The van der Waals surface area contributed by atoms with Gasteiger partial charge < -0.3 is 0 Å². The van der Waals surface area contributed by atoms with Crippen molar-refractivity contribution in [1.82, 2.24) is 0 Å². The van der Waals surface area contributed by atoms with Crippen molar-refractivity contribution >= 4 is 19.7 Å². The van der Waals surface area contributed by atoms with Crippen LogP contribution < -0.4 is 0 Å². The largest absolute Gasteiger partial charge is 0.246 e. The van der Waals surface area contributed by atoms with Crippen LogP contribution in [0.1, 0.15) is 38.5 Å². The summed E-state index contributed by atoms with van der Waals surface area (Å²) in [5.41, 5.74) is 0. The molecule has 0 saturated heterocycles. The molecular formula is C8H14ClFO2S. The highest BCUT2D eigenvalue weighted by Gasteiger charge is 2.32. The van der Waals surface area contributed by atoms with Crippen molar-refractivity contribution in [2.24, 2.45) is 0 Å². The first-order valence-electron chi connectivity index (χ1n) is 4.59. The Labute approximate surface area is 82.9 Å². The van der Waals surface area contributed by atoms with E-state index in [-0.39, 0.29) is 0 Å². The van der Waals surface area contributed by atoms with Crippen LogP contribution in [0.5, 0.6) is 0 Å². The summed E-state index contributed by atoms with van der Waals surface area (Å²) in [6, 6.07) is 0. The molecule has 0 bridgehead atoms. The van der Waals surface area contributed by atoms with Crippen molar-refractivity contribution in [3.05, 3.63) is 0 Å². The highest BCUT2D eigenvalue weighted by Crippen LogP contribution is 2.26. The van der Waals surface area contributed by atoms with Gasteiger partial charge in [0.2, 0.25) is 9.05 Å². The van der Waals surface area contributed by atoms with Crippen molar-refractivity contribution in [3.63, 3.8) is 0 Å². The molecule has 13 heavy (non-hydrogen) atoms. The molecule has 0 aromatic heterocycles. The van der Waals surface area contributed by atoms with Crippen molar-refractivity contribution < 1.29 is 12.8 Å². The molecule has 0 amide bonds. The van der Waals surface area contributed by atoms with Crippen LogP contribution in [0.2, 0.25) is 0 Å². The van der Waals surface area contributed by atoms with Gasteiger partial charge in [-0.1, -0.05) is 25.7 Å². The highest BCUT2D eigenvalue weighted by molar-refractivity contribution is 8.14. The molecule has 2 atom stereocenters. The first-order valence-corrected chi connectivity index (χ1v) is 6.96. The number of rotatable bonds is 1. The highest BCUT2D eigenvalue weighted by atomic mass is 35.7. The minimum Gasteiger partial charge on any atom is -0.246 e. The van der Waals surface area contributed by atoms with Gasteiger partial charge in [0.1, 0.15) is 11.4 Å². The molecule has 1 rings (SSSR count). The van der Waals surface area contributed by atoms with Crippen LogP contribution in [0, 0.1) is 0 Å². The van der Waals surface area contributed by atoms with Crippen LogP contribution in [0.3, 0.4) is 0 Å². The maximum atomic E-state index is 13.3. The fourth-order valence-electron chi connectivity index (χ4n) is 1.72. The topological polar surface area (TPSA) is 34.1 Å². The van der Waals surface area contributed by atoms with E-state index >= 15 is 0 Å². The Balaban J connectivity index is 2.67. The molecule has 2 nitrogen and oxygen atoms in total. The first kappa shape index (κ1) is 11.2. The maximum Gasteiger partial charge on any atom is 0.238 e. The predicted octanol–water partition coefficient (Wildman–Crippen LogP) is 2.62. The third kappa shape index (κ3) is 3.43. The van der Waals surface area contributed by atoms with Gasteiger partial charge in [-0.15, -0.1) is 0 Å². The lowest BCUT2D eigenvalue weighted by Gasteiger charge is -2.20. The van der Waals surface area contributed by atoms with Crippen molar-refractivity contribution in [2.45, 2.75) is 49.9 Å². The van der Waals surface area contributed by atoms with Gasteiger partial charge in [0, 0.05) is 10.7 Å². The summed E-state index contributed by atoms with van der Waals surface area (Å²) in [4.78, 5) is 0. The molecule has 0 spiro atoms. The number of hydrogen-bond donors (Lipinski definition) is 0. The smallest absolute Gasteiger partial charge is 0.238 e. The van der Waals surface area contributed by atoms with E-state index in [1.807, 2.05) is 0 Å². The number of hydrogen-bond acceptors (Lipinski definition) is 2. The van der Waals surface area contributed by atoms with Gasteiger partial charge in [0.25, 0.3) is 0 Å². The molecular weight excluding hydrogens is 215 g/mol. The fourth-order valence-corrected chi connectivity index (χ4v) is 3.26. The predicted molar refractivity (Wildman–Crippen MR) is 51.2 cm³/mol. The Morgan fingerprint density at radius 2 is 1.62 bits per heavy atom. The summed E-state index contributed by atoms with van der Waals surface area (Å²) in [6.07, 6.45) is 2.93. The van der Waals surface area contributed by atoms with E-state index < -0.39 is 20.5 Å². The van der Waals surface area contributed by atoms with Gasteiger partial charge in [0.15, 0.2) is 0 Å². The fraction of sp³-hybridized carbons (Fsp3) is 1.00. The SMILES string of the molecule is O=S(=O)(Cl)[C@@H]1CCCCCC[C@H]1F. The molecule has 1 fully saturated rings. The number of halogens is 2. The van der Waals surface area contributed by atoms with Crippen LogP contribution in [-0.4, -0.2) is 19.8 Å². The van der Waals surface area contributed by atoms with E-state index in [0.29, 0.717) is 12.8 Å². The molecule has 1 aliphatic rings. The Morgan fingerprint density at radius 3 is 2.15 bits per heavy atom. The van der Waals surface area contributed by atoms with Gasteiger partial charge in [-0.3, -0.25) is 0 Å². The summed E-state index contributed by atoms with van der Waals surface area (Å²) in [5.74, 6) is 0. The molecule has 0 aromatic carbocycles. The second-order valence-electron chi connectivity index (χ2n) is 3.52. The number of alkyl halides is 1. The molecule has 1 saturated carbocycles. The van der Waals surface area contributed by atoms with Crippen molar-refractivity contribution in [2.75, 3.05) is 0 Å². The maximum absolute atomic E-state index is 13.3. The lowest BCUT2D eigenvalue weighted by atomic mass is 9.99. The molecule has 0 unspecified atom stereocenters. The summed E-state index contributed by atoms with van der Waals surface area (Å²) < 4.78 is 35.3. The third-order valence-corrected chi connectivity index (χ3v) is 4.42. The molecule has 0 aromatic rings. The van der Waals surface area contributed by atoms with Gasteiger partial charge in [0.05, 0.1) is 0 Å². The average Bonchev–Trinajstić information content (AvgIpc) is 1.94. The Morgan fingerprint density at radius 1 is 1.08 bits per heavy atom. The zero-order valence-electron chi connectivity index (χ0n) is 7.38. The molecule has 1 aliphatic carbocycles. The molecule has 78 valence electrons. The second-order valence-corrected chi connectivity index (χ2v) is 6.37. The lowest BCUT2D eigenvalue weighted by Crippen LogP contribution is -2.29. The van der Waals surface area contributed by atoms with Crippen LogP contribution in [-0.2, 0) is 9.05 Å². The minimum absolute atomic E-state index is 0.330. The molecule has 0 N–H and O–H groups in total. The van der Waals surface area contributed by atoms with E-state index in [1.165, 1.54) is 0 Å². The first-order chi connectivity index (χ1) is 6.02. The van der Waals surface area contributed by atoms with Crippen LogP contribution in [0.15, 0.2) is 0 Å². The van der Waals surface area contributed by atoms with E-state index in [9.17, 15) is 12.8 Å². The van der Waals surface area contributed by atoms with Crippen LogP contribution >= 0.6 is 10.7 Å². The molecule has 0 heterocycles. The third-order valence-electron chi connectivity index (χ3n) is 2.48. The zero-order chi connectivity index (χ0) is 9.90. The van der Waals surface area contributed by atoms with Gasteiger partial charge in [-0.05, 0) is 12.8 Å². The monoisotopic (exact) mass is 228 g/mol. The summed E-state index contributed by atoms with van der Waals surface area (Å²) >= 11 is 0. The summed E-state index contributed by atoms with van der Waals surface area (Å²) in [6.45, 7) is 0. The standard InChI is InChI=1S/C8H14ClFO2S/c9-13(11,12)8-6-4-2-1-3-5-7(8)10/h7-8H,1-6H2/t7-,8-/m1/s1. The zero-order valence-corrected chi connectivity index (χ0v) is 8.95. The second kappa shape index (κ2) is 4.60. The minimum atomic E-state index is -3.72. The van der Waals surface area contributed by atoms with Crippen LogP contribution in [0.25, 0.3) is 0 Å².